The molecule has 3 aromatic rings. The summed E-state index contributed by atoms with van der Waals surface area (Å²) in [5.41, 5.74) is 5.34. The van der Waals surface area contributed by atoms with E-state index in [1.165, 1.54) is 29.0 Å². The van der Waals surface area contributed by atoms with Crippen LogP contribution in [0.4, 0.5) is 5.69 Å². The highest BCUT2D eigenvalue weighted by molar-refractivity contribution is 14.0. The minimum absolute atomic E-state index is 0. The number of anilines is 1. The molecule has 4 N–H and O–H groups in total. The first kappa shape index (κ1) is 25.5. The van der Waals surface area contributed by atoms with Crippen molar-refractivity contribution in [2.24, 2.45) is 4.99 Å². The predicted octanol–water partition coefficient (Wildman–Crippen LogP) is 4.36. The minimum atomic E-state index is -0.138. The number of H-pyrrole nitrogens is 1. The lowest BCUT2D eigenvalue weighted by Gasteiger charge is -2.12. The molecule has 0 aliphatic heterocycles. The first-order valence-electron chi connectivity index (χ1n) is 10.5. The highest BCUT2D eigenvalue weighted by atomic mass is 127. The van der Waals surface area contributed by atoms with Crippen molar-refractivity contribution in [2.75, 3.05) is 25.5 Å². The number of nitrogens with one attached hydrogen (secondary N) is 4. The number of fused-ring (bicyclic) bond motifs is 1. The molecule has 8 heteroatoms. The summed E-state index contributed by atoms with van der Waals surface area (Å²) in [6.45, 7) is 7.65. The zero-order valence-corrected chi connectivity index (χ0v) is 21.4. The zero-order valence-electron chi connectivity index (χ0n) is 19.0. The van der Waals surface area contributed by atoms with Crippen LogP contribution in [0.2, 0.25) is 0 Å². The number of carbonyl (C=O) groups excluding carboxylic acids is 1. The fourth-order valence-electron chi connectivity index (χ4n) is 3.48. The van der Waals surface area contributed by atoms with Gasteiger partial charge in [0, 0.05) is 37.1 Å². The van der Waals surface area contributed by atoms with E-state index in [0.29, 0.717) is 18.0 Å². The van der Waals surface area contributed by atoms with Gasteiger partial charge in [0.15, 0.2) is 5.96 Å². The van der Waals surface area contributed by atoms with Gasteiger partial charge in [-0.3, -0.25) is 4.79 Å². The Morgan fingerprint density at radius 1 is 1.16 bits per heavy atom. The molecule has 0 spiro atoms. The Labute approximate surface area is 206 Å². The second-order valence-electron chi connectivity index (χ2n) is 7.45. The number of aromatic amines is 1. The summed E-state index contributed by atoms with van der Waals surface area (Å²) >= 11 is 0. The molecule has 3 rings (SSSR count). The van der Waals surface area contributed by atoms with E-state index in [1.54, 1.807) is 7.11 Å². The van der Waals surface area contributed by atoms with Crippen LogP contribution in [0.25, 0.3) is 10.9 Å². The number of aliphatic imine (C=N–C) groups is 1. The predicted molar refractivity (Wildman–Crippen MR) is 142 cm³/mol. The van der Waals surface area contributed by atoms with Crippen molar-refractivity contribution in [3.05, 3.63) is 59.3 Å². The highest BCUT2D eigenvalue weighted by Gasteiger charge is 2.07. The van der Waals surface area contributed by atoms with E-state index in [0.717, 1.165) is 31.0 Å². The van der Waals surface area contributed by atoms with E-state index < -0.39 is 0 Å². The number of hydrogen-bond acceptors (Lipinski definition) is 3. The van der Waals surface area contributed by atoms with E-state index in [-0.39, 0.29) is 29.9 Å². The van der Waals surface area contributed by atoms with Crippen LogP contribution in [0.5, 0.6) is 5.75 Å². The smallest absolute Gasteiger partial charge is 0.221 e. The second-order valence-corrected chi connectivity index (χ2v) is 7.45. The van der Waals surface area contributed by atoms with Gasteiger partial charge in [-0.05, 0) is 55.2 Å². The standard InChI is InChI=1S/C24H31N5O2.HI/c1-5-25-24(26-11-10-19-15-27-21-12-16(2)6-8-20(19)21)28-14-18-7-9-23(31-4)22(13-18)29-17(3)30;/h6-9,12-13,15,27H,5,10-11,14H2,1-4H3,(H,29,30)(H2,25,26,28);1H. The average Bonchev–Trinajstić information content (AvgIpc) is 3.13. The lowest BCUT2D eigenvalue weighted by atomic mass is 10.1. The molecule has 0 atom stereocenters. The van der Waals surface area contributed by atoms with Gasteiger partial charge in [-0.15, -0.1) is 24.0 Å². The molecule has 32 heavy (non-hydrogen) atoms. The SMILES string of the molecule is CCNC(=NCc1ccc(OC)c(NC(C)=O)c1)NCCc1c[nH]c2cc(C)ccc12.I. The third-order valence-electron chi connectivity index (χ3n) is 4.95. The number of guanidine groups is 1. The van der Waals surface area contributed by atoms with Crippen molar-refractivity contribution < 1.29 is 9.53 Å². The maximum atomic E-state index is 11.4. The van der Waals surface area contributed by atoms with Gasteiger partial charge in [0.1, 0.15) is 5.75 Å². The summed E-state index contributed by atoms with van der Waals surface area (Å²) in [6.07, 6.45) is 2.97. The summed E-state index contributed by atoms with van der Waals surface area (Å²) in [6, 6.07) is 12.2. The number of aryl methyl sites for hydroxylation is 1. The lowest BCUT2D eigenvalue weighted by Crippen LogP contribution is -2.38. The Kier molecular flexibility index (Phi) is 9.83. The van der Waals surface area contributed by atoms with E-state index in [1.807, 2.05) is 25.1 Å². The van der Waals surface area contributed by atoms with Crippen molar-refractivity contribution in [1.82, 2.24) is 15.6 Å². The normalized spacial score (nSPS) is 11.1. The summed E-state index contributed by atoms with van der Waals surface area (Å²) in [4.78, 5) is 19.5. The van der Waals surface area contributed by atoms with Crippen LogP contribution in [-0.4, -0.2) is 37.1 Å². The van der Waals surface area contributed by atoms with E-state index in [4.69, 9.17) is 4.74 Å². The Bertz CT molecular complexity index is 1080. The fourth-order valence-corrected chi connectivity index (χ4v) is 3.48. The number of ether oxygens (including phenoxy) is 1. The summed E-state index contributed by atoms with van der Waals surface area (Å²) in [5, 5.41) is 10.7. The molecule has 0 aliphatic carbocycles. The number of amides is 1. The number of methoxy groups -OCH3 is 1. The third-order valence-corrected chi connectivity index (χ3v) is 4.95. The zero-order chi connectivity index (χ0) is 22.2. The van der Waals surface area contributed by atoms with Crippen molar-refractivity contribution in [1.29, 1.82) is 0 Å². The van der Waals surface area contributed by atoms with Crippen molar-refractivity contribution in [2.45, 2.75) is 33.7 Å². The van der Waals surface area contributed by atoms with Gasteiger partial charge in [-0.1, -0.05) is 18.2 Å². The molecule has 1 aromatic heterocycles. The molecule has 0 fully saturated rings. The molecule has 0 saturated carbocycles. The average molecular weight is 549 g/mol. The van der Waals surface area contributed by atoms with Crippen LogP contribution in [0.3, 0.4) is 0 Å². The molecule has 0 aliphatic rings. The van der Waals surface area contributed by atoms with Gasteiger partial charge in [0.05, 0.1) is 19.3 Å². The molecule has 0 unspecified atom stereocenters. The molecule has 1 amide bonds. The van der Waals surface area contributed by atoms with Gasteiger partial charge in [-0.2, -0.15) is 0 Å². The largest absolute Gasteiger partial charge is 0.495 e. The molecule has 1 heterocycles. The second kappa shape index (κ2) is 12.3. The van der Waals surface area contributed by atoms with Crippen LogP contribution in [0.15, 0.2) is 47.6 Å². The number of hydrogen-bond donors (Lipinski definition) is 4. The number of rotatable bonds is 8. The van der Waals surface area contributed by atoms with Gasteiger partial charge >= 0.3 is 0 Å². The summed E-state index contributed by atoms with van der Waals surface area (Å²) in [7, 11) is 1.58. The molecular formula is C24H32IN5O2. The van der Waals surface area contributed by atoms with E-state index >= 15 is 0 Å². The number of halogens is 1. The topological polar surface area (TPSA) is 90.5 Å². The van der Waals surface area contributed by atoms with Gasteiger partial charge < -0.3 is 25.7 Å². The van der Waals surface area contributed by atoms with Gasteiger partial charge in [0.2, 0.25) is 5.91 Å². The molecule has 0 radical (unpaired) electrons. The summed E-state index contributed by atoms with van der Waals surface area (Å²) in [5.74, 6) is 1.25. The Morgan fingerprint density at radius 3 is 2.69 bits per heavy atom. The van der Waals surface area contributed by atoms with Crippen LogP contribution < -0.4 is 20.7 Å². The Morgan fingerprint density at radius 2 is 1.97 bits per heavy atom. The van der Waals surface area contributed by atoms with Crippen LogP contribution in [0.1, 0.15) is 30.5 Å². The van der Waals surface area contributed by atoms with Crippen molar-refractivity contribution in [3.8, 4) is 5.75 Å². The van der Waals surface area contributed by atoms with E-state index in [2.05, 4.69) is 57.2 Å². The molecular weight excluding hydrogens is 517 g/mol. The number of benzene rings is 2. The van der Waals surface area contributed by atoms with Crippen LogP contribution in [-0.2, 0) is 17.8 Å². The maximum Gasteiger partial charge on any atom is 0.221 e. The highest BCUT2D eigenvalue weighted by Crippen LogP contribution is 2.25. The van der Waals surface area contributed by atoms with Crippen molar-refractivity contribution >= 4 is 52.4 Å². The molecule has 7 nitrogen and oxygen atoms in total. The molecule has 2 aromatic carbocycles. The maximum absolute atomic E-state index is 11.4. The summed E-state index contributed by atoms with van der Waals surface area (Å²) < 4.78 is 5.31. The molecule has 0 bridgehead atoms. The third kappa shape index (κ3) is 6.88. The van der Waals surface area contributed by atoms with Crippen molar-refractivity contribution in [3.63, 3.8) is 0 Å². The Hall–Kier alpha value is -2.75. The number of nitrogens with zero attached hydrogens (tertiary/aromatic N) is 1. The first-order valence-corrected chi connectivity index (χ1v) is 10.5. The number of aromatic nitrogens is 1. The van der Waals surface area contributed by atoms with Crippen LogP contribution >= 0.6 is 24.0 Å². The fraction of sp³-hybridized carbons (Fsp3) is 0.333. The molecule has 172 valence electrons. The van der Waals surface area contributed by atoms with Gasteiger partial charge in [-0.25, -0.2) is 4.99 Å². The number of carbonyl (C=O) groups is 1. The monoisotopic (exact) mass is 549 g/mol. The quantitative estimate of drug-likeness (QED) is 0.191. The van der Waals surface area contributed by atoms with E-state index in [9.17, 15) is 4.79 Å². The Balaban J connectivity index is 0.00000363. The first-order chi connectivity index (χ1) is 15.0. The molecule has 0 saturated heterocycles. The van der Waals surface area contributed by atoms with Crippen LogP contribution in [0, 0.1) is 6.92 Å². The lowest BCUT2D eigenvalue weighted by molar-refractivity contribution is -0.114. The van der Waals surface area contributed by atoms with Gasteiger partial charge in [0.25, 0.3) is 0 Å². The minimum Gasteiger partial charge on any atom is -0.495 e.